The number of nitrogens with two attached hydrogens (primary N) is 1. The lowest BCUT2D eigenvalue weighted by atomic mass is 9.60. The lowest BCUT2D eigenvalue weighted by Crippen LogP contribution is -2.60. The highest BCUT2D eigenvalue weighted by Gasteiger charge is 2.56. The molecule has 1 saturated heterocycles. The van der Waals surface area contributed by atoms with Crippen LogP contribution in [0.2, 0.25) is 0 Å². The molecule has 4 heteroatoms. The Labute approximate surface area is 230 Å². The number of hydrogen-bond acceptors (Lipinski definition) is 3. The molecule has 0 bridgehead atoms. The molecule has 0 radical (unpaired) electrons. The van der Waals surface area contributed by atoms with Crippen molar-refractivity contribution in [3.05, 3.63) is 59.7 Å². The number of nitrogens with one attached hydrogen (secondary N) is 2. The Morgan fingerprint density at radius 1 is 0.842 bits per heavy atom. The number of rotatable bonds is 7. The number of hydrogen-bond donors (Lipinski definition) is 3. The molecular weight excluding hydrogens is 466 g/mol. The van der Waals surface area contributed by atoms with Crippen LogP contribution in [0.15, 0.2) is 48.5 Å². The quantitative estimate of drug-likeness (QED) is 0.382. The van der Waals surface area contributed by atoms with Crippen LogP contribution in [0.3, 0.4) is 0 Å². The number of amides is 1. The molecular formula is C34H49N3O. The second kappa shape index (κ2) is 12.8. The van der Waals surface area contributed by atoms with Crippen molar-refractivity contribution in [2.75, 3.05) is 6.54 Å². The van der Waals surface area contributed by atoms with Crippen molar-refractivity contribution in [3.63, 3.8) is 0 Å². The Bertz CT molecular complexity index is 1060. The van der Waals surface area contributed by atoms with E-state index in [4.69, 9.17) is 5.73 Å². The zero-order valence-electron chi connectivity index (χ0n) is 23.5. The van der Waals surface area contributed by atoms with Crippen molar-refractivity contribution in [3.8, 4) is 11.1 Å². The molecule has 2 aliphatic carbocycles. The minimum Gasteiger partial charge on any atom is -0.354 e. The van der Waals surface area contributed by atoms with Gasteiger partial charge < -0.3 is 11.1 Å². The average molecular weight is 516 g/mol. The summed E-state index contributed by atoms with van der Waals surface area (Å²) < 4.78 is 0. The summed E-state index contributed by atoms with van der Waals surface area (Å²) in [5, 5.41) is 7.40. The molecule has 2 saturated carbocycles. The van der Waals surface area contributed by atoms with Gasteiger partial charge in [-0.2, -0.15) is 0 Å². The molecule has 4 nitrogen and oxygen atoms in total. The summed E-state index contributed by atoms with van der Waals surface area (Å²) >= 11 is 0. The van der Waals surface area contributed by atoms with E-state index in [0.717, 1.165) is 18.4 Å². The molecule has 0 aromatic heterocycles. The average Bonchev–Trinajstić information content (AvgIpc) is 3.41. The van der Waals surface area contributed by atoms with Crippen LogP contribution in [0.5, 0.6) is 0 Å². The minimum absolute atomic E-state index is 0.0543. The van der Waals surface area contributed by atoms with E-state index in [2.05, 4.69) is 60.0 Å². The molecule has 38 heavy (non-hydrogen) atoms. The smallest absolute Gasteiger partial charge is 0.237 e. The van der Waals surface area contributed by atoms with E-state index >= 15 is 0 Å². The highest BCUT2D eigenvalue weighted by molar-refractivity contribution is 5.82. The molecule has 3 aliphatic rings. The molecule has 3 fully saturated rings. The third-order valence-corrected chi connectivity index (χ3v) is 10.2. The van der Waals surface area contributed by atoms with Crippen molar-refractivity contribution in [1.29, 1.82) is 0 Å². The summed E-state index contributed by atoms with van der Waals surface area (Å²) in [4.78, 5) is 13.6. The van der Waals surface area contributed by atoms with E-state index < -0.39 is 0 Å². The predicted molar refractivity (Wildman–Crippen MR) is 158 cm³/mol. The van der Waals surface area contributed by atoms with Gasteiger partial charge in [0.25, 0.3) is 0 Å². The molecule has 4 N–H and O–H groups in total. The molecule has 5 rings (SSSR count). The van der Waals surface area contributed by atoms with Crippen molar-refractivity contribution in [1.82, 2.24) is 10.6 Å². The van der Waals surface area contributed by atoms with Crippen molar-refractivity contribution >= 4 is 5.91 Å². The van der Waals surface area contributed by atoms with Crippen LogP contribution in [-0.4, -0.2) is 24.0 Å². The van der Waals surface area contributed by atoms with Gasteiger partial charge in [0.05, 0.1) is 6.04 Å². The summed E-state index contributed by atoms with van der Waals surface area (Å²) in [5.41, 5.74) is 11.0. The summed E-state index contributed by atoms with van der Waals surface area (Å²) in [5.74, 6) is 2.21. The number of carbonyl (C=O) groups excluding carboxylic acids is 1. The Kier molecular flexibility index (Phi) is 9.22. The fourth-order valence-corrected chi connectivity index (χ4v) is 8.31. The monoisotopic (exact) mass is 515 g/mol. The number of fused-ring (bicyclic) bond motifs is 1. The summed E-state index contributed by atoms with van der Waals surface area (Å²) in [6, 6.07) is 16.9. The molecule has 2 aromatic carbocycles. The first-order chi connectivity index (χ1) is 18.6. The Morgan fingerprint density at radius 2 is 1.45 bits per heavy atom. The van der Waals surface area contributed by atoms with Gasteiger partial charge in [0.1, 0.15) is 0 Å². The second-order valence-electron chi connectivity index (χ2n) is 12.3. The fraction of sp³-hybridized carbons (Fsp3) is 0.618. The molecule has 0 spiro atoms. The van der Waals surface area contributed by atoms with Gasteiger partial charge in [-0.05, 0) is 78.5 Å². The Morgan fingerprint density at radius 3 is 2.16 bits per heavy atom. The largest absolute Gasteiger partial charge is 0.354 e. The SMILES string of the molecule is CC1CCCC2CC(C(=O)NCCc3ccccc3-c3ccccc3CN)NC12C1CCCCCCCC1. The topological polar surface area (TPSA) is 67.2 Å². The second-order valence-corrected chi connectivity index (χ2v) is 12.3. The van der Waals surface area contributed by atoms with E-state index in [1.54, 1.807) is 0 Å². The van der Waals surface area contributed by atoms with E-state index in [1.807, 2.05) is 6.07 Å². The molecule has 1 amide bonds. The van der Waals surface area contributed by atoms with E-state index in [0.29, 0.717) is 30.8 Å². The van der Waals surface area contributed by atoms with Crippen LogP contribution < -0.4 is 16.4 Å². The maximum absolute atomic E-state index is 13.6. The highest BCUT2D eigenvalue weighted by Crippen LogP contribution is 2.52. The third-order valence-electron chi connectivity index (χ3n) is 10.2. The zero-order chi connectivity index (χ0) is 26.4. The molecule has 206 valence electrons. The maximum Gasteiger partial charge on any atom is 0.237 e. The maximum atomic E-state index is 13.6. The van der Waals surface area contributed by atoms with Gasteiger partial charge in [-0.3, -0.25) is 10.1 Å². The van der Waals surface area contributed by atoms with Crippen LogP contribution in [0, 0.1) is 17.8 Å². The van der Waals surface area contributed by atoms with Gasteiger partial charge in [0.15, 0.2) is 0 Å². The highest BCUT2D eigenvalue weighted by atomic mass is 16.2. The van der Waals surface area contributed by atoms with Crippen LogP contribution in [-0.2, 0) is 17.8 Å². The van der Waals surface area contributed by atoms with Crippen LogP contribution >= 0.6 is 0 Å². The third kappa shape index (κ3) is 5.72. The number of carbonyl (C=O) groups is 1. The van der Waals surface area contributed by atoms with Gasteiger partial charge in [0.2, 0.25) is 5.91 Å². The molecule has 1 aliphatic heterocycles. The first-order valence-corrected chi connectivity index (χ1v) is 15.5. The molecule has 4 atom stereocenters. The first kappa shape index (κ1) is 27.4. The fourth-order valence-electron chi connectivity index (χ4n) is 8.31. The van der Waals surface area contributed by atoms with Gasteiger partial charge in [-0.25, -0.2) is 0 Å². The molecule has 1 heterocycles. The standard InChI is InChI=1S/C34H49N3O/c1-25-13-12-18-29-23-32(37-34(25,29)28-16-6-4-2-3-5-7-17-28)33(38)36-22-21-26-14-8-10-19-30(26)31-20-11-9-15-27(31)24-35/h8-11,14-15,19-20,25,28-29,32,37H,2-7,12-13,16-18,21-24,35H2,1H3,(H,36,38). The molecule has 2 aromatic rings. The summed E-state index contributed by atoms with van der Waals surface area (Å²) in [6.07, 6.45) is 16.7. The van der Waals surface area contributed by atoms with E-state index in [-0.39, 0.29) is 17.5 Å². The summed E-state index contributed by atoms with van der Waals surface area (Å²) in [6.45, 7) is 3.66. The Balaban J connectivity index is 1.25. The predicted octanol–water partition coefficient (Wildman–Crippen LogP) is 6.76. The van der Waals surface area contributed by atoms with Crippen molar-refractivity contribution in [2.24, 2.45) is 23.5 Å². The number of benzene rings is 2. The van der Waals surface area contributed by atoms with E-state index in [1.165, 1.54) is 87.3 Å². The van der Waals surface area contributed by atoms with Crippen molar-refractivity contribution < 1.29 is 4.79 Å². The van der Waals surface area contributed by atoms with Gasteiger partial charge >= 0.3 is 0 Å². The van der Waals surface area contributed by atoms with Crippen LogP contribution in [0.25, 0.3) is 11.1 Å². The van der Waals surface area contributed by atoms with Crippen molar-refractivity contribution in [2.45, 2.75) is 109 Å². The normalized spacial score (nSPS) is 28.6. The lowest BCUT2D eigenvalue weighted by molar-refractivity contribution is -0.123. The lowest BCUT2D eigenvalue weighted by Gasteiger charge is -2.50. The first-order valence-electron chi connectivity index (χ1n) is 15.5. The van der Waals surface area contributed by atoms with Crippen LogP contribution in [0.4, 0.5) is 0 Å². The van der Waals surface area contributed by atoms with Crippen LogP contribution in [0.1, 0.15) is 95.1 Å². The van der Waals surface area contributed by atoms with Gasteiger partial charge in [0, 0.05) is 18.6 Å². The van der Waals surface area contributed by atoms with E-state index in [9.17, 15) is 4.79 Å². The molecule has 4 unspecified atom stereocenters. The minimum atomic E-state index is -0.0543. The zero-order valence-corrected chi connectivity index (χ0v) is 23.5. The Hall–Kier alpha value is -2.17. The van der Waals surface area contributed by atoms with Gasteiger partial charge in [-0.1, -0.05) is 100 Å². The summed E-state index contributed by atoms with van der Waals surface area (Å²) in [7, 11) is 0. The van der Waals surface area contributed by atoms with Gasteiger partial charge in [-0.15, -0.1) is 0 Å².